The lowest BCUT2D eigenvalue weighted by Crippen LogP contribution is -2.35. The Morgan fingerprint density at radius 1 is 1.19 bits per heavy atom. The average molecular weight is 468 g/mol. The highest BCUT2D eigenvalue weighted by Gasteiger charge is 2.29. The van der Waals surface area contributed by atoms with Gasteiger partial charge >= 0.3 is 5.97 Å². The Balaban J connectivity index is 1.70. The molecule has 0 unspecified atom stereocenters. The molecule has 2 aromatic rings. The first kappa shape index (κ1) is 23.0. The average Bonchev–Trinajstić information content (AvgIpc) is 2.78. The van der Waals surface area contributed by atoms with E-state index in [4.69, 9.17) is 21.1 Å². The van der Waals surface area contributed by atoms with Crippen LogP contribution in [0.25, 0.3) is 0 Å². The second-order valence-electron chi connectivity index (χ2n) is 6.80. The monoisotopic (exact) mass is 467 g/mol. The van der Waals surface area contributed by atoms with Crippen LogP contribution in [0.4, 0.5) is 5.69 Å². The zero-order valence-electron chi connectivity index (χ0n) is 16.8. The summed E-state index contributed by atoms with van der Waals surface area (Å²) < 4.78 is 37.7. The van der Waals surface area contributed by atoms with E-state index in [0.29, 0.717) is 13.1 Å². The van der Waals surface area contributed by atoms with E-state index in [2.05, 4.69) is 10.3 Å². The molecule has 31 heavy (non-hydrogen) atoms. The number of esters is 1. The number of methoxy groups -OCH3 is 1. The molecule has 1 aliphatic heterocycles. The van der Waals surface area contributed by atoms with Gasteiger partial charge in [-0.15, -0.1) is 0 Å². The van der Waals surface area contributed by atoms with Gasteiger partial charge in [0, 0.05) is 25.0 Å². The van der Waals surface area contributed by atoms with Gasteiger partial charge in [-0.25, -0.2) is 18.2 Å². The van der Waals surface area contributed by atoms with Crippen molar-refractivity contribution >= 4 is 39.2 Å². The minimum atomic E-state index is -3.78. The summed E-state index contributed by atoms with van der Waals surface area (Å²) >= 11 is 5.83. The predicted molar refractivity (Wildman–Crippen MR) is 114 cm³/mol. The smallest absolute Gasteiger partial charge is 0.341 e. The van der Waals surface area contributed by atoms with E-state index in [1.807, 2.05) is 0 Å². The number of aromatic nitrogens is 1. The zero-order chi connectivity index (χ0) is 22.4. The van der Waals surface area contributed by atoms with Crippen LogP contribution in [0.15, 0.2) is 41.4 Å². The number of ether oxygens (including phenoxy) is 2. The van der Waals surface area contributed by atoms with Gasteiger partial charge in [-0.3, -0.25) is 4.79 Å². The predicted octanol–water partition coefficient (Wildman–Crippen LogP) is 2.71. The normalized spacial score (nSPS) is 14.6. The molecule has 1 fully saturated rings. The molecule has 0 aliphatic carbocycles. The molecule has 9 nitrogen and oxygen atoms in total. The maximum Gasteiger partial charge on any atom is 0.341 e. The summed E-state index contributed by atoms with van der Waals surface area (Å²) in [4.78, 5) is 28.0. The highest BCUT2D eigenvalue weighted by atomic mass is 35.5. The second kappa shape index (κ2) is 10.1. The number of piperidine rings is 1. The molecule has 3 rings (SSSR count). The molecule has 1 N–H and O–H groups in total. The standard InChI is InChI=1S/C20H22ClN3O6S/c1-29-16-8-7-14(12-17(16)31(27,28)24-10-3-2-4-11-24)23-18(25)13-30-20(26)15-6-5-9-22-19(15)21/h5-9,12H,2-4,10-11,13H2,1H3,(H,23,25). The minimum absolute atomic E-state index is 0.0318. The minimum Gasteiger partial charge on any atom is -0.495 e. The fourth-order valence-electron chi connectivity index (χ4n) is 3.14. The number of hydrogen-bond acceptors (Lipinski definition) is 7. The van der Waals surface area contributed by atoms with Crippen LogP contribution in [0.1, 0.15) is 29.6 Å². The van der Waals surface area contributed by atoms with Gasteiger partial charge in [0.25, 0.3) is 5.91 Å². The van der Waals surface area contributed by atoms with E-state index in [0.717, 1.165) is 19.3 Å². The Bertz CT molecular complexity index is 1070. The molecule has 166 valence electrons. The van der Waals surface area contributed by atoms with Crippen molar-refractivity contribution in [2.24, 2.45) is 0 Å². The van der Waals surface area contributed by atoms with Gasteiger partial charge in [-0.1, -0.05) is 18.0 Å². The second-order valence-corrected chi connectivity index (χ2v) is 9.06. The molecule has 11 heteroatoms. The van der Waals surface area contributed by atoms with Crippen LogP contribution in [0.3, 0.4) is 0 Å². The van der Waals surface area contributed by atoms with Crippen molar-refractivity contribution < 1.29 is 27.5 Å². The van der Waals surface area contributed by atoms with Crippen molar-refractivity contribution in [1.82, 2.24) is 9.29 Å². The number of sulfonamides is 1. The third-order valence-corrected chi connectivity index (χ3v) is 6.91. The molecule has 0 radical (unpaired) electrons. The van der Waals surface area contributed by atoms with Gasteiger partial charge in [0.2, 0.25) is 10.0 Å². The number of benzene rings is 1. The summed E-state index contributed by atoms with van der Waals surface area (Å²) in [5, 5.41) is 2.49. The number of nitrogens with one attached hydrogen (secondary N) is 1. The van der Waals surface area contributed by atoms with Crippen LogP contribution in [-0.4, -0.2) is 56.4 Å². The molecular weight excluding hydrogens is 446 g/mol. The van der Waals surface area contributed by atoms with E-state index >= 15 is 0 Å². The summed E-state index contributed by atoms with van der Waals surface area (Å²) in [7, 11) is -2.40. The SMILES string of the molecule is COc1ccc(NC(=O)COC(=O)c2cccnc2Cl)cc1S(=O)(=O)N1CCCCC1. The summed E-state index contributed by atoms with van der Waals surface area (Å²) in [6.07, 6.45) is 4.00. The van der Waals surface area contributed by atoms with Gasteiger partial charge < -0.3 is 14.8 Å². The fraction of sp³-hybridized carbons (Fsp3) is 0.350. The third kappa shape index (κ3) is 5.52. The van der Waals surface area contributed by atoms with Crippen LogP contribution in [0.2, 0.25) is 5.15 Å². The van der Waals surface area contributed by atoms with E-state index in [1.165, 1.54) is 47.9 Å². The lowest BCUT2D eigenvalue weighted by Gasteiger charge is -2.26. The van der Waals surface area contributed by atoms with Crippen LogP contribution < -0.4 is 10.1 Å². The molecule has 0 saturated carbocycles. The van der Waals surface area contributed by atoms with E-state index in [9.17, 15) is 18.0 Å². The largest absolute Gasteiger partial charge is 0.495 e. The summed E-state index contributed by atoms with van der Waals surface area (Å²) in [5.74, 6) is -1.25. The van der Waals surface area contributed by atoms with Gasteiger partial charge in [0.1, 0.15) is 15.8 Å². The molecule has 1 aliphatic rings. The van der Waals surface area contributed by atoms with Crippen LogP contribution in [0, 0.1) is 0 Å². The Hall–Kier alpha value is -2.69. The lowest BCUT2D eigenvalue weighted by molar-refractivity contribution is -0.119. The first-order chi connectivity index (χ1) is 14.8. The van der Waals surface area contributed by atoms with E-state index < -0.39 is 28.5 Å². The summed E-state index contributed by atoms with van der Waals surface area (Å²) in [6, 6.07) is 7.25. The summed E-state index contributed by atoms with van der Waals surface area (Å²) in [6.45, 7) is 0.300. The number of amides is 1. The number of hydrogen-bond donors (Lipinski definition) is 1. The molecule has 1 amide bonds. The number of carbonyl (C=O) groups is 2. The van der Waals surface area contributed by atoms with Crippen molar-refractivity contribution in [3.8, 4) is 5.75 Å². The van der Waals surface area contributed by atoms with Crippen molar-refractivity contribution in [1.29, 1.82) is 0 Å². The molecule has 0 bridgehead atoms. The van der Waals surface area contributed by atoms with Crippen molar-refractivity contribution in [2.45, 2.75) is 24.2 Å². The number of rotatable bonds is 7. The Labute approximate surface area is 185 Å². The van der Waals surface area contributed by atoms with E-state index in [-0.39, 0.29) is 27.0 Å². The van der Waals surface area contributed by atoms with Crippen LogP contribution >= 0.6 is 11.6 Å². The van der Waals surface area contributed by atoms with E-state index in [1.54, 1.807) is 0 Å². The number of anilines is 1. The van der Waals surface area contributed by atoms with Gasteiger partial charge in [0.15, 0.2) is 6.61 Å². The molecule has 1 aromatic heterocycles. The maximum atomic E-state index is 13.1. The van der Waals surface area contributed by atoms with Crippen LogP contribution in [0.5, 0.6) is 5.75 Å². The lowest BCUT2D eigenvalue weighted by atomic mass is 10.2. The van der Waals surface area contributed by atoms with Crippen LogP contribution in [-0.2, 0) is 19.6 Å². The number of halogens is 1. The first-order valence-corrected chi connectivity index (χ1v) is 11.4. The molecule has 1 aromatic carbocycles. The molecule has 0 atom stereocenters. The topological polar surface area (TPSA) is 115 Å². The fourth-order valence-corrected chi connectivity index (χ4v) is 5.04. The van der Waals surface area contributed by atoms with Gasteiger partial charge in [-0.05, 0) is 43.2 Å². The maximum absolute atomic E-state index is 13.1. The molecule has 0 spiro atoms. The Morgan fingerprint density at radius 3 is 2.61 bits per heavy atom. The van der Waals surface area contributed by atoms with Gasteiger partial charge in [-0.2, -0.15) is 4.31 Å². The van der Waals surface area contributed by atoms with Crippen molar-refractivity contribution in [3.63, 3.8) is 0 Å². The molecule has 1 saturated heterocycles. The number of nitrogens with zero attached hydrogens (tertiary/aromatic N) is 2. The highest BCUT2D eigenvalue weighted by molar-refractivity contribution is 7.89. The Morgan fingerprint density at radius 2 is 1.94 bits per heavy atom. The molecular formula is C20H22ClN3O6S. The van der Waals surface area contributed by atoms with Crippen molar-refractivity contribution in [2.75, 3.05) is 32.1 Å². The van der Waals surface area contributed by atoms with Crippen molar-refractivity contribution in [3.05, 3.63) is 47.2 Å². The highest BCUT2D eigenvalue weighted by Crippen LogP contribution is 2.31. The zero-order valence-corrected chi connectivity index (χ0v) is 18.4. The first-order valence-electron chi connectivity index (χ1n) is 9.58. The Kier molecular flexibility index (Phi) is 7.47. The number of carbonyl (C=O) groups excluding carboxylic acids is 2. The summed E-state index contributed by atoms with van der Waals surface area (Å²) in [5.41, 5.74) is 0.271. The molecule has 2 heterocycles. The number of pyridine rings is 1. The van der Waals surface area contributed by atoms with Gasteiger partial charge in [0.05, 0.1) is 12.7 Å². The third-order valence-electron chi connectivity index (χ3n) is 4.69. The quantitative estimate of drug-likeness (QED) is 0.491.